The number of benzene rings is 1. The summed E-state index contributed by atoms with van der Waals surface area (Å²) in [6.07, 6.45) is 4.95. The number of rotatable bonds is 6. The maximum atomic E-state index is 12.7. The second kappa shape index (κ2) is 8.10. The first-order chi connectivity index (χ1) is 14.0. The van der Waals surface area contributed by atoms with E-state index in [-0.39, 0.29) is 5.69 Å². The van der Waals surface area contributed by atoms with Crippen LogP contribution in [0.1, 0.15) is 27.4 Å². The van der Waals surface area contributed by atoms with Crippen molar-refractivity contribution in [2.45, 2.75) is 20.0 Å². The third kappa shape index (κ3) is 4.33. The van der Waals surface area contributed by atoms with Gasteiger partial charge in [-0.05, 0) is 18.6 Å². The lowest BCUT2D eigenvalue weighted by Crippen LogP contribution is -2.16. The highest BCUT2D eigenvalue weighted by atomic mass is 35.5. The smallest absolute Gasteiger partial charge is 0.279 e. The van der Waals surface area contributed by atoms with Gasteiger partial charge in [-0.3, -0.25) is 14.2 Å². The summed E-state index contributed by atoms with van der Waals surface area (Å²) in [5, 5.41) is 16.3. The lowest BCUT2D eigenvalue weighted by Gasteiger charge is -2.05. The molecule has 0 fully saturated rings. The molecule has 0 radical (unpaired) electrons. The number of carbonyl (C=O) groups is 1. The highest BCUT2D eigenvalue weighted by molar-refractivity contribution is 6.31. The van der Waals surface area contributed by atoms with Crippen LogP contribution in [0, 0.1) is 6.92 Å². The molecule has 148 valence electrons. The Labute approximate surface area is 176 Å². The van der Waals surface area contributed by atoms with Crippen LogP contribution in [0.3, 0.4) is 0 Å². The Hall–Kier alpha value is -3.10. The van der Waals surface area contributed by atoms with E-state index in [1.165, 1.54) is 6.20 Å². The second-order valence-corrected chi connectivity index (χ2v) is 7.21. The number of hydrogen-bond acceptors (Lipinski definition) is 5. The number of anilines is 1. The lowest BCUT2D eigenvalue weighted by atomic mass is 10.2. The highest BCUT2D eigenvalue weighted by Gasteiger charge is 2.21. The average molecular weight is 431 g/mol. The zero-order valence-electron chi connectivity index (χ0n) is 15.3. The molecule has 1 N–H and O–H groups in total. The lowest BCUT2D eigenvalue weighted by molar-refractivity contribution is 0.101. The molecule has 10 heteroatoms. The Kier molecular flexibility index (Phi) is 5.37. The molecule has 8 nitrogen and oxygen atoms in total. The van der Waals surface area contributed by atoms with Crippen molar-refractivity contribution in [1.82, 2.24) is 24.7 Å². The topological polar surface area (TPSA) is 90.8 Å². The maximum Gasteiger partial charge on any atom is 0.279 e. The third-order valence-corrected chi connectivity index (χ3v) is 4.86. The van der Waals surface area contributed by atoms with Gasteiger partial charge in [-0.2, -0.15) is 10.2 Å². The van der Waals surface area contributed by atoms with Crippen LogP contribution < -0.4 is 5.32 Å². The molecule has 1 amide bonds. The van der Waals surface area contributed by atoms with Crippen LogP contribution in [0.2, 0.25) is 10.0 Å². The standard InChI is InChI=1S/C19H16Cl2N6O2/c1-12-15(11-27-10-14(20)8-22-27)18(25-29-12)19(28)23-17-6-7-26(24-17)9-13-4-2-3-5-16(13)21/h2-8,10H,9,11H2,1H3,(H,23,24,28). The van der Waals surface area contributed by atoms with Crippen LogP contribution in [0.5, 0.6) is 0 Å². The van der Waals surface area contributed by atoms with Gasteiger partial charge in [0, 0.05) is 29.0 Å². The fourth-order valence-electron chi connectivity index (χ4n) is 2.84. The van der Waals surface area contributed by atoms with E-state index in [4.69, 9.17) is 27.7 Å². The van der Waals surface area contributed by atoms with E-state index >= 15 is 0 Å². The molecule has 1 aromatic carbocycles. The number of hydrogen-bond donors (Lipinski definition) is 1. The van der Waals surface area contributed by atoms with Gasteiger partial charge in [0.2, 0.25) is 0 Å². The van der Waals surface area contributed by atoms with Crippen LogP contribution in [-0.4, -0.2) is 30.6 Å². The number of aryl methyl sites for hydroxylation is 1. The third-order valence-electron chi connectivity index (χ3n) is 4.29. The van der Waals surface area contributed by atoms with Gasteiger partial charge in [0.1, 0.15) is 5.76 Å². The van der Waals surface area contributed by atoms with Gasteiger partial charge in [0.15, 0.2) is 11.5 Å². The molecule has 0 spiro atoms. The number of aromatic nitrogens is 5. The number of nitrogens with zero attached hydrogens (tertiary/aromatic N) is 5. The molecule has 4 aromatic rings. The number of halogens is 2. The Morgan fingerprint density at radius 1 is 1.17 bits per heavy atom. The largest absolute Gasteiger partial charge is 0.361 e. The second-order valence-electron chi connectivity index (χ2n) is 6.37. The molecule has 0 unspecified atom stereocenters. The first-order valence-corrected chi connectivity index (χ1v) is 9.46. The van der Waals surface area contributed by atoms with Gasteiger partial charge in [-0.1, -0.05) is 46.6 Å². The summed E-state index contributed by atoms with van der Waals surface area (Å²) in [6, 6.07) is 9.23. The summed E-state index contributed by atoms with van der Waals surface area (Å²) in [7, 11) is 0. The maximum absolute atomic E-state index is 12.7. The van der Waals surface area contributed by atoms with Gasteiger partial charge < -0.3 is 9.84 Å². The van der Waals surface area contributed by atoms with Crippen molar-refractivity contribution in [3.63, 3.8) is 0 Å². The first kappa shape index (κ1) is 19.2. The Balaban J connectivity index is 1.48. The van der Waals surface area contributed by atoms with Crippen molar-refractivity contribution in [2.24, 2.45) is 0 Å². The normalized spacial score (nSPS) is 11.0. The predicted molar refractivity (Wildman–Crippen MR) is 108 cm³/mol. The van der Waals surface area contributed by atoms with Crippen LogP contribution in [-0.2, 0) is 13.1 Å². The van der Waals surface area contributed by atoms with Crippen molar-refractivity contribution in [3.8, 4) is 0 Å². The molecule has 4 rings (SSSR count). The Morgan fingerprint density at radius 2 is 2.00 bits per heavy atom. The first-order valence-electron chi connectivity index (χ1n) is 8.71. The van der Waals surface area contributed by atoms with Crippen molar-refractivity contribution < 1.29 is 9.32 Å². The predicted octanol–water partition coefficient (Wildman–Crippen LogP) is 4.03. The molecule has 0 aliphatic heterocycles. The van der Waals surface area contributed by atoms with E-state index < -0.39 is 5.91 Å². The van der Waals surface area contributed by atoms with E-state index in [2.05, 4.69) is 20.7 Å². The summed E-state index contributed by atoms with van der Waals surface area (Å²) in [5.74, 6) is 0.514. The molecule has 29 heavy (non-hydrogen) atoms. The number of amides is 1. The molecule has 0 atom stereocenters. The van der Waals surface area contributed by atoms with Crippen LogP contribution in [0.4, 0.5) is 5.82 Å². The quantitative estimate of drug-likeness (QED) is 0.498. The van der Waals surface area contributed by atoms with E-state index in [9.17, 15) is 4.79 Å². The van der Waals surface area contributed by atoms with E-state index in [0.29, 0.717) is 40.3 Å². The Bertz CT molecular complexity index is 1160. The highest BCUT2D eigenvalue weighted by Crippen LogP contribution is 2.19. The number of carbonyl (C=O) groups excluding carboxylic acids is 1. The molecule has 3 aromatic heterocycles. The number of nitrogens with one attached hydrogen (secondary N) is 1. The average Bonchev–Trinajstić information content (AvgIpc) is 3.39. The van der Waals surface area contributed by atoms with Gasteiger partial charge in [0.05, 0.1) is 24.3 Å². The molecule has 0 saturated heterocycles. The van der Waals surface area contributed by atoms with Crippen molar-refractivity contribution >= 4 is 34.9 Å². The van der Waals surface area contributed by atoms with Crippen molar-refractivity contribution in [2.75, 3.05) is 5.32 Å². The summed E-state index contributed by atoms with van der Waals surface area (Å²) in [6.45, 7) is 2.54. The van der Waals surface area contributed by atoms with E-state index in [1.807, 2.05) is 24.3 Å². The van der Waals surface area contributed by atoms with E-state index in [1.54, 1.807) is 34.7 Å². The molecule has 0 aliphatic carbocycles. The molecule has 3 heterocycles. The fourth-order valence-corrected chi connectivity index (χ4v) is 3.19. The van der Waals surface area contributed by atoms with Crippen LogP contribution in [0.25, 0.3) is 0 Å². The van der Waals surface area contributed by atoms with Gasteiger partial charge >= 0.3 is 0 Å². The Morgan fingerprint density at radius 3 is 2.76 bits per heavy atom. The minimum Gasteiger partial charge on any atom is -0.361 e. The SMILES string of the molecule is Cc1onc(C(=O)Nc2ccn(Cc3ccccc3Cl)n2)c1Cn1cc(Cl)cn1. The summed E-state index contributed by atoms with van der Waals surface area (Å²) >= 11 is 12.1. The van der Waals surface area contributed by atoms with Crippen LogP contribution >= 0.6 is 23.2 Å². The molecule has 0 saturated carbocycles. The van der Waals surface area contributed by atoms with Crippen molar-refractivity contribution in [1.29, 1.82) is 0 Å². The zero-order valence-corrected chi connectivity index (χ0v) is 16.9. The summed E-state index contributed by atoms with van der Waals surface area (Å²) in [4.78, 5) is 12.7. The summed E-state index contributed by atoms with van der Waals surface area (Å²) < 4.78 is 8.51. The van der Waals surface area contributed by atoms with E-state index in [0.717, 1.165) is 5.56 Å². The van der Waals surface area contributed by atoms with Crippen LogP contribution in [0.15, 0.2) is 53.4 Å². The minimum absolute atomic E-state index is 0.176. The molecule has 0 bridgehead atoms. The zero-order chi connectivity index (χ0) is 20.4. The monoisotopic (exact) mass is 430 g/mol. The summed E-state index contributed by atoms with van der Waals surface area (Å²) in [5.41, 5.74) is 1.73. The van der Waals surface area contributed by atoms with Gasteiger partial charge in [-0.15, -0.1) is 0 Å². The van der Waals surface area contributed by atoms with Gasteiger partial charge in [0.25, 0.3) is 5.91 Å². The van der Waals surface area contributed by atoms with Gasteiger partial charge in [-0.25, -0.2) is 0 Å². The molecular weight excluding hydrogens is 415 g/mol. The van der Waals surface area contributed by atoms with Crippen molar-refractivity contribution in [3.05, 3.63) is 81.5 Å². The molecular formula is C19H16Cl2N6O2. The fraction of sp³-hybridized carbons (Fsp3) is 0.158. The minimum atomic E-state index is -0.418. The molecule has 0 aliphatic rings.